The Balaban J connectivity index is 3.99. The minimum Gasteiger partial charge on any atom is -0.355 e. The summed E-state index contributed by atoms with van der Waals surface area (Å²) in [6.07, 6.45) is 5.61. The zero-order chi connectivity index (χ0) is 10.3. The van der Waals surface area contributed by atoms with Crippen LogP contribution >= 0.6 is 0 Å². The van der Waals surface area contributed by atoms with Gasteiger partial charge in [0.15, 0.2) is 9.84 Å². The maximum atomic E-state index is 11.0. The predicted molar refractivity (Wildman–Crippen MR) is 50.8 cm³/mol. The van der Waals surface area contributed by atoms with Crippen LogP contribution in [0.25, 0.3) is 0 Å². The molecule has 0 fully saturated rings. The molecule has 0 heterocycles. The fourth-order valence-electron chi connectivity index (χ4n) is 0.693. The molecule has 13 heavy (non-hydrogen) atoms. The van der Waals surface area contributed by atoms with Crippen LogP contribution in [0.5, 0.6) is 0 Å². The van der Waals surface area contributed by atoms with Crippen molar-refractivity contribution in [3.05, 3.63) is 0 Å². The molecule has 4 nitrogen and oxygen atoms in total. The molecule has 0 unspecified atom stereocenters. The first-order chi connectivity index (χ1) is 6.02. The minimum absolute atomic E-state index is 0.382. The van der Waals surface area contributed by atoms with Crippen LogP contribution < -0.4 is 5.32 Å². The predicted octanol–water partition coefficient (Wildman–Crippen LogP) is -0.439. The molecule has 0 aliphatic rings. The molecular formula is C8H13NO3S. The van der Waals surface area contributed by atoms with E-state index < -0.39 is 21.5 Å². The Bertz CT molecular complexity index is 300. The summed E-state index contributed by atoms with van der Waals surface area (Å²) in [5.74, 6) is 0.614. The summed E-state index contributed by atoms with van der Waals surface area (Å²) < 4.78 is 22.0. The molecule has 0 radical (unpaired) electrons. The summed E-state index contributed by atoms with van der Waals surface area (Å²) >= 11 is 0. The zero-order valence-corrected chi connectivity index (χ0v) is 8.36. The lowest BCUT2D eigenvalue weighted by molar-refractivity contribution is -0.118. The maximum Gasteiger partial charge on any atom is 0.235 e. The summed E-state index contributed by atoms with van der Waals surface area (Å²) in [6.45, 7) is 2.38. The van der Waals surface area contributed by atoms with E-state index in [9.17, 15) is 13.2 Å². The average molecular weight is 203 g/mol. The number of hydrogen-bond donors (Lipinski definition) is 1. The Morgan fingerprint density at radius 2 is 2.15 bits per heavy atom. The van der Waals surface area contributed by atoms with Crippen molar-refractivity contribution in [1.29, 1.82) is 0 Å². The van der Waals surface area contributed by atoms with E-state index in [1.807, 2.05) is 12.8 Å². The SMILES string of the molecule is C#CCS(=O)(=O)CC(=O)NCCC. The normalized spacial score (nSPS) is 10.5. The van der Waals surface area contributed by atoms with Gasteiger partial charge >= 0.3 is 0 Å². The van der Waals surface area contributed by atoms with Crippen molar-refractivity contribution in [2.75, 3.05) is 18.1 Å². The van der Waals surface area contributed by atoms with Crippen LogP contribution in [0.4, 0.5) is 0 Å². The van der Waals surface area contributed by atoms with Gasteiger partial charge in [0, 0.05) is 6.54 Å². The van der Waals surface area contributed by atoms with E-state index in [4.69, 9.17) is 6.42 Å². The van der Waals surface area contributed by atoms with Gasteiger partial charge in [-0.3, -0.25) is 4.79 Å². The molecule has 0 saturated heterocycles. The third-order valence-corrected chi connectivity index (χ3v) is 2.53. The lowest BCUT2D eigenvalue weighted by Gasteiger charge is -2.02. The molecule has 0 aromatic rings. The summed E-state index contributed by atoms with van der Waals surface area (Å²) in [6, 6.07) is 0. The molecule has 0 aliphatic carbocycles. The molecule has 0 rings (SSSR count). The van der Waals surface area contributed by atoms with Crippen LogP contribution in [0.2, 0.25) is 0 Å². The standard InChI is InChI=1S/C8H13NO3S/c1-3-5-9-8(10)7-13(11,12)6-4-2/h2H,3,5-7H2,1H3,(H,9,10). The van der Waals surface area contributed by atoms with Crippen LogP contribution in [0.3, 0.4) is 0 Å². The monoisotopic (exact) mass is 203 g/mol. The van der Waals surface area contributed by atoms with Gasteiger partial charge in [0.1, 0.15) is 11.5 Å². The van der Waals surface area contributed by atoms with E-state index in [0.717, 1.165) is 6.42 Å². The van der Waals surface area contributed by atoms with Gasteiger partial charge in [0.25, 0.3) is 0 Å². The van der Waals surface area contributed by atoms with Crippen molar-refractivity contribution in [1.82, 2.24) is 5.32 Å². The van der Waals surface area contributed by atoms with Gasteiger partial charge in [-0.1, -0.05) is 12.8 Å². The summed E-state index contributed by atoms with van der Waals surface area (Å²) in [4.78, 5) is 10.9. The molecule has 0 saturated carbocycles. The van der Waals surface area contributed by atoms with Crippen LogP contribution in [0.15, 0.2) is 0 Å². The Kier molecular flexibility index (Phi) is 5.16. The van der Waals surface area contributed by atoms with E-state index in [-0.39, 0.29) is 5.75 Å². The van der Waals surface area contributed by atoms with Gasteiger partial charge in [0.2, 0.25) is 5.91 Å². The van der Waals surface area contributed by atoms with Gasteiger partial charge in [-0.2, -0.15) is 0 Å². The van der Waals surface area contributed by atoms with E-state index in [2.05, 4.69) is 5.32 Å². The smallest absolute Gasteiger partial charge is 0.235 e. The van der Waals surface area contributed by atoms with Crippen LogP contribution in [0.1, 0.15) is 13.3 Å². The summed E-state index contributed by atoms with van der Waals surface area (Å²) in [5.41, 5.74) is 0. The highest BCUT2D eigenvalue weighted by molar-refractivity contribution is 7.92. The second kappa shape index (κ2) is 5.60. The van der Waals surface area contributed by atoms with Gasteiger partial charge in [-0.05, 0) is 6.42 Å². The Morgan fingerprint density at radius 3 is 2.62 bits per heavy atom. The van der Waals surface area contributed by atoms with Crippen molar-refractivity contribution < 1.29 is 13.2 Å². The van der Waals surface area contributed by atoms with Crippen molar-refractivity contribution in [3.8, 4) is 12.3 Å². The first-order valence-electron chi connectivity index (χ1n) is 3.92. The zero-order valence-electron chi connectivity index (χ0n) is 7.54. The molecule has 0 aromatic carbocycles. The Hall–Kier alpha value is -1.02. The minimum atomic E-state index is -3.41. The third kappa shape index (κ3) is 6.17. The van der Waals surface area contributed by atoms with Gasteiger partial charge in [-0.15, -0.1) is 6.42 Å². The summed E-state index contributed by atoms with van der Waals surface area (Å²) in [5, 5.41) is 2.46. The van der Waals surface area contributed by atoms with Gasteiger partial charge in [0.05, 0.1) is 0 Å². The van der Waals surface area contributed by atoms with Gasteiger partial charge < -0.3 is 5.32 Å². The highest BCUT2D eigenvalue weighted by Gasteiger charge is 2.14. The lowest BCUT2D eigenvalue weighted by atomic mass is 10.5. The number of terminal acetylenes is 1. The number of carbonyl (C=O) groups is 1. The van der Waals surface area contributed by atoms with Crippen molar-refractivity contribution in [3.63, 3.8) is 0 Å². The average Bonchev–Trinajstić information content (AvgIpc) is 1.99. The number of carbonyl (C=O) groups excluding carboxylic acids is 1. The number of rotatable bonds is 5. The molecule has 5 heteroatoms. The van der Waals surface area contributed by atoms with Crippen molar-refractivity contribution >= 4 is 15.7 Å². The number of amides is 1. The molecule has 1 N–H and O–H groups in total. The molecular weight excluding hydrogens is 190 g/mol. The fourth-order valence-corrected chi connectivity index (χ4v) is 1.55. The highest BCUT2D eigenvalue weighted by atomic mass is 32.2. The highest BCUT2D eigenvalue weighted by Crippen LogP contribution is 1.88. The lowest BCUT2D eigenvalue weighted by Crippen LogP contribution is -2.31. The first kappa shape index (κ1) is 12.0. The maximum absolute atomic E-state index is 11.0. The molecule has 0 atom stereocenters. The van der Waals surface area contributed by atoms with Crippen LogP contribution in [-0.4, -0.2) is 32.4 Å². The molecule has 0 aliphatic heterocycles. The summed E-state index contributed by atoms with van der Waals surface area (Å²) in [7, 11) is -3.41. The van der Waals surface area contributed by atoms with Crippen LogP contribution in [0, 0.1) is 12.3 Å². The van der Waals surface area contributed by atoms with Crippen molar-refractivity contribution in [2.24, 2.45) is 0 Å². The molecule has 0 aromatic heterocycles. The quantitative estimate of drug-likeness (QED) is 0.616. The van der Waals surface area contributed by atoms with E-state index >= 15 is 0 Å². The fraction of sp³-hybridized carbons (Fsp3) is 0.625. The third-order valence-electron chi connectivity index (χ3n) is 1.23. The van der Waals surface area contributed by atoms with Gasteiger partial charge in [-0.25, -0.2) is 8.42 Å². The first-order valence-corrected chi connectivity index (χ1v) is 5.74. The number of hydrogen-bond acceptors (Lipinski definition) is 3. The van der Waals surface area contributed by atoms with Crippen molar-refractivity contribution in [2.45, 2.75) is 13.3 Å². The molecule has 0 spiro atoms. The molecule has 74 valence electrons. The Morgan fingerprint density at radius 1 is 1.54 bits per heavy atom. The van der Waals surface area contributed by atoms with Crippen LogP contribution in [-0.2, 0) is 14.6 Å². The largest absolute Gasteiger partial charge is 0.355 e. The topological polar surface area (TPSA) is 63.2 Å². The second-order valence-electron chi connectivity index (χ2n) is 2.59. The number of sulfone groups is 1. The van der Waals surface area contributed by atoms with E-state index in [1.54, 1.807) is 0 Å². The molecule has 0 bridgehead atoms. The molecule has 1 amide bonds. The second-order valence-corrected chi connectivity index (χ2v) is 4.65. The van der Waals surface area contributed by atoms with E-state index in [0.29, 0.717) is 6.54 Å². The van der Waals surface area contributed by atoms with E-state index in [1.165, 1.54) is 0 Å². The number of nitrogens with one attached hydrogen (secondary N) is 1. The Labute approximate surface area is 78.6 Å².